The van der Waals surface area contributed by atoms with Crippen molar-refractivity contribution >= 4 is 39.0 Å². The van der Waals surface area contributed by atoms with Crippen LogP contribution >= 0.6 is 15.9 Å². The predicted octanol–water partition coefficient (Wildman–Crippen LogP) is 4.41. The zero-order valence-electron chi connectivity index (χ0n) is 16.9. The third-order valence-electron chi connectivity index (χ3n) is 4.73. The third kappa shape index (κ3) is 4.76. The smallest absolute Gasteiger partial charge is 0.344 e. The lowest BCUT2D eigenvalue weighted by Gasteiger charge is -2.14. The largest absolute Gasteiger partial charge is 0.479 e. The van der Waals surface area contributed by atoms with Gasteiger partial charge in [0.05, 0.1) is 17.1 Å². The number of carboxylic acids is 1. The summed E-state index contributed by atoms with van der Waals surface area (Å²) >= 11 is 3.40. The Morgan fingerprint density at radius 2 is 2.07 bits per heavy atom. The molecule has 1 aromatic heterocycles. The maximum absolute atomic E-state index is 13.1. The third-order valence-corrected chi connectivity index (χ3v) is 5.22. The van der Waals surface area contributed by atoms with Gasteiger partial charge in [-0.3, -0.25) is 4.79 Å². The van der Waals surface area contributed by atoms with Crippen LogP contribution in [-0.2, 0) is 4.79 Å². The van der Waals surface area contributed by atoms with Crippen LogP contribution in [0.3, 0.4) is 0 Å². The van der Waals surface area contributed by atoms with Gasteiger partial charge in [0, 0.05) is 10.4 Å². The van der Waals surface area contributed by atoms with Crippen molar-refractivity contribution in [2.75, 3.05) is 0 Å². The quantitative estimate of drug-likeness (QED) is 0.515. The standard InChI is InChI=1S/C22H22BrN3O4/c1-4-13(2)20-25-19-9-8-16(23)11-18(19)21(27)26(20)24-12-15-6-5-7-17(10-15)30-14(3)22(28)29/h5-14H,4H2,1-3H3,(H,28,29)/t13-,14-/m1/s1. The zero-order chi connectivity index (χ0) is 21.8. The molecule has 0 unspecified atom stereocenters. The van der Waals surface area contributed by atoms with Crippen LogP contribution in [0.15, 0.2) is 56.8 Å². The Kier molecular flexibility index (Phi) is 6.66. The molecular formula is C22H22BrN3O4. The Morgan fingerprint density at radius 1 is 1.30 bits per heavy atom. The van der Waals surface area contributed by atoms with E-state index in [0.29, 0.717) is 28.0 Å². The summed E-state index contributed by atoms with van der Waals surface area (Å²) in [4.78, 5) is 28.8. The molecule has 2 aromatic carbocycles. The van der Waals surface area contributed by atoms with Crippen molar-refractivity contribution < 1.29 is 14.6 Å². The van der Waals surface area contributed by atoms with Crippen molar-refractivity contribution in [1.82, 2.24) is 9.66 Å². The molecule has 3 rings (SSSR count). The van der Waals surface area contributed by atoms with Crippen molar-refractivity contribution in [3.63, 3.8) is 0 Å². The summed E-state index contributed by atoms with van der Waals surface area (Å²) in [5, 5.41) is 13.9. The number of fused-ring (bicyclic) bond motifs is 1. The van der Waals surface area contributed by atoms with Crippen LogP contribution in [-0.4, -0.2) is 33.1 Å². The molecule has 0 radical (unpaired) electrons. The number of carbonyl (C=O) groups is 1. The number of nitrogens with zero attached hydrogens (tertiary/aromatic N) is 3. The van der Waals surface area contributed by atoms with Gasteiger partial charge in [0.25, 0.3) is 5.56 Å². The van der Waals surface area contributed by atoms with E-state index in [1.54, 1.807) is 30.3 Å². The Hall–Kier alpha value is -3.00. The highest BCUT2D eigenvalue weighted by molar-refractivity contribution is 9.10. The molecule has 0 aliphatic carbocycles. The molecule has 8 heteroatoms. The highest BCUT2D eigenvalue weighted by Gasteiger charge is 2.16. The summed E-state index contributed by atoms with van der Waals surface area (Å²) in [5.41, 5.74) is 1.05. The van der Waals surface area contributed by atoms with E-state index in [0.717, 1.165) is 10.9 Å². The molecule has 156 valence electrons. The van der Waals surface area contributed by atoms with Gasteiger partial charge in [-0.25, -0.2) is 9.78 Å². The lowest BCUT2D eigenvalue weighted by atomic mass is 10.1. The van der Waals surface area contributed by atoms with Crippen molar-refractivity contribution in [2.24, 2.45) is 5.10 Å². The van der Waals surface area contributed by atoms with E-state index in [1.165, 1.54) is 17.8 Å². The summed E-state index contributed by atoms with van der Waals surface area (Å²) < 4.78 is 7.51. The second-order valence-electron chi connectivity index (χ2n) is 6.97. The number of hydrogen-bond donors (Lipinski definition) is 1. The van der Waals surface area contributed by atoms with Crippen LogP contribution in [0.4, 0.5) is 0 Å². The molecular weight excluding hydrogens is 450 g/mol. The molecule has 1 heterocycles. The molecule has 30 heavy (non-hydrogen) atoms. The number of ether oxygens (including phenoxy) is 1. The maximum atomic E-state index is 13.1. The van der Waals surface area contributed by atoms with Crippen molar-refractivity contribution in [3.8, 4) is 5.75 Å². The molecule has 0 fully saturated rings. The van der Waals surface area contributed by atoms with Gasteiger partial charge in [-0.2, -0.15) is 9.78 Å². The first-order valence-electron chi connectivity index (χ1n) is 9.56. The van der Waals surface area contributed by atoms with E-state index >= 15 is 0 Å². The number of aliphatic carboxylic acids is 1. The predicted molar refractivity (Wildman–Crippen MR) is 120 cm³/mol. The molecule has 0 aliphatic heterocycles. The molecule has 0 aliphatic rings. The monoisotopic (exact) mass is 471 g/mol. The Bertz CT molecular complexity index is 1170. The molecule has 0 bridgehead atoms. The first kappa shape index (κ1) is 21.7. The topological polar surface area (TPSA) is 93.8 Å². The average Bonchev–Trinajstić information content (AvgIpc) is 2.73. The van der Waals surface area contributed by atoms with Gasteiger partial charge in [-0.15, -0.1) is 0 Å². The normalized spacial score (nSPS) is 13.5. The zero-order valence-corrected chi connectivity index (χ0v) is 18.5. The van der Waals surface area contributed by atoms with Crippen LogP contribution in [0.5, 0.6) is 5.75 Å². The van der Waals surface area contributed by atoms with E-state index < -0.39 is 12.1 Å². The minimum atomic E-state index is -1.05. The molecule has 0 saturated carbocycles. The summed E-state index contributed by atoms with van der Waals surface area (Å²) in [7, 11) is 0. The van der Waals surface area contributed by atoms with E-state index in [9.17, 15) is 9.59 Å². The van der Waals surface area contributed by atoms with Crippen molar-refractivity contribution in [3.05, 3.63) is 68.7 Å². The number of hydrogen-bond acceptors (Lipinski definition) is 5. The van der Waals surface area contributed by atoms with E-state index in [4.69, 9.17) is 9.84 Å². The number of rotatable bonds is 7. The summed E-state index contributed by atoms with van der Waals surface area (Å²) in [6, 6.07) is 12.3. The van der Waals surface area contributed by atoms with Crippen LogP contribution < -0.4 is 10.3 Å². The van der Waals surface area contributed by atoms with Gasteiger partial charge in [0.2, 0.25) is 0 Å². The fourth-order valence-corrected chi connectivity index (χ4v) is 3.19. The number of aromatic nitrogens is 2. The highest BCUT2D eigenvalue weighted by Crippen LogP contribution is 2.21. The molecule has 0 saturated heterocycles. The van der Waals surface area contributed by atoms with E-state index in [2.05, 4.69) is 26.0 Å². The van der Waals surface area contributed by atoms with Crippen molar-refractivity contribution in [2.45, 2.75) is 39.2 Å². The van der Waals surface area contributed by atoms with Crippen LogP contribution in [0.25, 0.3) is 10.9 Å². The number of halogens is 1. The number of benzene rings is 2. The van der Waals surface area contributed by atoms with Crippen molar-refractivity contribution in [1.29, 1.82) is 0 Å². The summed E-state index contributed by atoms with van der Waals surface area (Å²) in [6.07, 6.45) is 1.37. The minimum Gasteiger partial charge on any atom is -0.479 e. The average molecular weight is 472 g/mol. The van der Waals surface area contributed by atoms with Crippen LogP contribution in [0.1, 0.15) is 44.5 Å². The molecule has 2 atom stereocenters. The molecule has 7 nitrogen and oxygen atoms in total. The second-order valence-corrected chi connectivity index (χ2v) is 7.89. The Labute approximate surface area is 182 Å². The minimum absolute atomic E-state index is 0.0361. The fourth-order valence-electron chi connectivity index (χ4n) is 2.83. The molecule has 0 spiro atoms. The molecule has 3 aromatic rings. The van der Waals surface area contributed by atoms with E-state index in [1.807, 2.05) is 26.0 Å². The second kappa shape index (κ2) is 9.21. The van der Waals surface area contributed by atoms with E-state index in [-0.39, 0.29) is 11.5 Å². The van der Waals surface area contributed by atoms with Gasteiger partial charge in [-0.05, 0) is 49.2 Å². The highest BCUT2D eigenvalue weighted by atomic mass is 79.9. The van der Waals surface area contributed by atoms with Gasteiger partial charge >= 0.3 is 5.97 Å². The van der Waals surface area contributed by atoms with Gasteiger partial charge in [0.15, 0.2) is 6.10 Å². The van der Waals surface area contributed by atoms with Crippen LogP contribution in [0.2, 0.25) is 0 Å². The summed E-state index contributed by atoms with van der Waals surface area (Å²) in [5.74, 6) is -0.0226. The summed E-state index contributed by atoms with van der Waals surface area (Å²) in [6.45, 7) is 5.49. The first-order valence-corrected chi connectivity index (χ1v) is 10.4. The Balaban J connectivity index is 2.04. The van der Waals surface area contributed by atoms with Crippen LogP contribution in [0, 0.1) is 0 Å². The molecule has 0 amide bonds. The number of carboxylic acid groups (broad SMARTS) is 1. The lowest BCUT2D eigenvalue weighted by Crippen LogP contribution is -2.24. The molecule has 1 N–H and O–H groups in total. The van der Waals surface area contributed by atoms with Gasteiger partial charge in [0.1, 0.15) is 11.6 Å². The maximum Gasteiger partial charge on any atom is 0.344 e. The Morgan fingerprint density at radius 3 is 2.77 bits per heavy atom. The SMILES string of the molecule is CC[C@@H](C)c1nc2ccc(Br)cc2c(=O)n1N=Cc1cccc(O[C@H](C)C(=O)O)c1. The van der Waals surface area contributed by atoms with Gasteiger partial charge in [-0.1, -0.05) is 41.9 Å². The first-order chi connectivity index (χ1) is 14.3. The fraction of sp³-hybridized carbons (Fsp3) is 0.273. The van der Waals surface area contributed by atoms with Gasteiger partial charge < -0.3 is 9.84 Å². The lowest BCUT2D eigenvalue weighted by molar-refractivity contribution is -0.144.